The lowest BCUT2D eigenvalue weighted by Crippen LogP contribution is -1.99. The van der Waals surface area contributed by atoms with Crippen LogP contribution in [0.1, 0.15) is 21.6 Å². The Labute approximate surface area is 109 Å². The van der Waals surface area contributed by atoms with Gasteiger partial charge in [-0.3, -0.25) is 0 Å². The monoisotopic (exact) mass is 262 g/mol. The number of aromatic amines is 1. The average Bonchev–Trinajstić information content (AvgIpc) is 2.77. The Balaban J connectivity index is 2.58. The van der Waals surface area contributed by atoms with E-state index in [1.54, 1.807) is 0 Å². The van der Waals surface area contributed by atoms with Crippen LogP contribution in [0.2, 0.25) is 0 Å². The van der Waals surface area contributed by atoms with Crippen molar-refractivity contribution in [1.82, 2.24) is 9.97 Å². The molecule has 1 heterocycles. The van der Waals surface area contributed by atoms with Gasteiger partial charge in [-0.05, 0) is 37.3 Å². The Kier molecular flexibility index (Phi) is 3.43. The number of H-pyrrole nitrogens is 1. The van der Waals surface area contributed by atoms with Crippen molar-refractivity contribution in [3.8, 4) is 11.3 Å². The van der Waals surface area contributed by atoms with E-state index in [-0.39, 0.29) is 5.69 Å². The Hall–Kier alpha value is -1.75. The van der Waals surface area contributed by atoms with E-state index in [1.165, 1.54) is 17.3 Å². The van der Waals surface area contributed by atoms with E-state index in [1.807, 2.05) is 38.3 Å². The van der Waals surface area contributed by atoms with Gasteiger partial charge in [0, 0.05) is 5.56 Å². The molecule has 0 spiro atoms. The maximum absolute atomic E-state index is 11.2. The smallest absolute Gasteiger partial charge is 0.354 e. The van der Waals surface area contributed by atoms with Gasteiger partial charge in [0.05, 0.1) is 0 Å². The number of aromatic nitrogens is 2. The topological polar surface area (TPSA) is 66.0 Å². The number of carboxylic acids is 1. The van der Waals surface area contributed by atoms with Gasteiger partial charge in [-0.15, -0.1) is 0 Å². The molecule has 1 aromatic carbocycles. The van der Waals surface area contributed by atoms with E-state index in [0.29, 0.717) is 10.9 Å². The zero-order valence-corrected chi connectivity index (χ0v) is 11.3. The molecule has 94 valence electrons. The maximum atomic E-state index is 11.2. The molecule has 0 atom stereocenters. The lowest BCUT2D eigenvalue weighted by molar-refractivity contribution is 0.0691. The number of aryl methyl sites for hydroxylation is 2. The molecule has 2 aromatic rings. The van der Waals surface area contributed by atoms with Gasteiger partial charge >= 0.3 is 5.97 Å². The van der Waals surface area contributed by atoms with Crippen molar-refractivity contribution in [3.63, 3.8) is 0 Å². The van der Waals surface area contributed by atoms with Gasteiger partial charge in [-0.1, -0.05) is 23.9 Å². The first-order chi connectivity index (χ1) is 8.52. The highest BCUT2D eigenvalue weighted by Gasteiger charge is 2.17. The Morgan fingerprint density at radius 2 is 2.06 bits per heavy atom. The summed E-state index contributed by atoms with van der Waals surface area (Å²) in [5.41, 5.74) is 3.76. The van der Waals surface area contributed by atoms with Crippen LogP contribution >= 0.6 is 11.8 Å². The maximum Gasteiger partial charge on any atom is 0.354 e. The molecule has 0 saturated heterocycles. The van der Waals surface area contributed by atoms with Crippen molar-refractivity contribution in [2.24, 2.45) is 0 Å². The summed E-state index contributed by atoms with van der Waals surface area (Å²) >= 11 is 1.39. The number of nitrogens with one attached hydrogen (secondary N) is 1. The fraction of sp³-hybridized carbons (Fsp3) is 0.231. The lowest BCUT2D eigenvalue weighted by atomic mass is 10.0. The molecule has 0 aliphatic rings. The van der Waals surface area contributed by atoms with Crippen LogP contribution in [0.4, 0.5) is 0 Å². The number of benzene rings is 1. The number of thioether (sulfide) groups is 1. The third kappa shape index (κ3) is 2.26. The van der Waals surface area contributed by atoms with E-state index in [0.717, 1.165) is 11.1 Å². The molecule has 1 aromatic heterocycles. The second-order valence-electron chi connectivity index (χ2n) is 4.07. The van der Waals surface area contributed by atoms with Crippen LogP contribution < -0.4 is 0 Å². The summed E-state index contributed by atoms with van der Waals surface area (Å²) in [4.78, 5) is 18.3. The predicted octanol–water partition coefficient (Wildman–Crippen LogP) is 3.11. The van der Waals surface area contributed by atoms with Crippen LogP contribution in [-0.2, 0) is 0 Å². The number of rotatable bonds is 3. The highest BCUT2D eigenvalue weighted by atomic mass is 32.2. The summed E-state index contributed by atoms with van der Waals surface area (Å²) in [7, 11) is 0. The predicted molar refractivity (Wildman–Crippen MR) is 72.2 cm³/mol. The molecule has 0 saturated carbocycles. The summed E-state index contributed by atoms with van der Waals surface area (Å²) in [5.74, 6) is -0.990. The standard InChI is InChI=1S/C13H14N2O2S/c1-7-4-5-9(6-8(7)2)10-11(12(16)17)15-13(14-10)18-3/h4-6H,1-3H3,(H,14,15)(H,16,17). The number of hydrogen-bond donors (Lipinski definition) is 2. The van der Waals surface area contributed by atoms with Gasteiger partial charge in [0.2, 0.25) is 0 Å². The Morgan fingerprint density at radius 1 is 1.33 bits per heavy atom. The second kappa shape index (κ2) is 4.86. The van der Waals surface area contributed by atoms with Gasteiger partial charge < -0.3 is 10.1 Å². The molecule has 2 rings (SSSR count). The molecule has 0 amide bonds. The van der Waals surface area contributed by atoms with Crippen LogP contribution in [0.15, 0.2) is 23.4 Å². The first-order valence-corrected chi connectivity index (χ1v) is 6.70. The first kappa shape index (κ1) is 12.7. The van der Waals surface area contributed by atoms with E-state index in [9.17, 15) is 9.90 Å². The van der Waals surface area contributed by atoms with E-state index < -0.39 is 5.97 Å². The van der Waals surface area contributed by atoms with E-state index >= 15 is 0 Å². The molecule has 18 heavy (non-hydrogen) atoms. The van der Waals surface area contributed by atoms with Gasteiger partial charge in [0.1, 0.15) is 5.69 Å². The van der Waals surface area contributed by atoms with Gasteiger partial charge in [-0.25, -0.2) is 9.78 Å². The fourth-order valence-electron chi connectivity index (χ4n) is 1.70. The molecular weight excluding hydrogens is 248 g/mol. The zero-order chi connectivity index (χ0) is 13.3. The van der Waals surface area contributed by atoms with Crippen LogP contribution in [0, 0.1) is 13.8 Å². The quantitative estimate of drug-likeness (QED) is 0.834. The molecule has 4 nitrogen and oxygen atoms in total. The number of hydrogen-bond acceptors (Lipinski definition) is 3. The Morgan fingerprint density at radius 3 is 2.61 bits per heavy atom. The molecule has 0 aliphatic carbocycles. The Bertz CT molecular complexity index is 605. The largest absolute Gasteiger partial charge is 0.477 e. The summed E-state index contributed by atoms with van der Waals surface area (Å²) in [5, 5.41) is 9.79. The minimum absolute atomic E-state index is 0.141. The van der Waals surface area contributed by atoms with Crippen molar-refractivity contribution in [2.75, 3.05) is 6.26 Å². The van der Waals surface area contributed by atoms with Gasteiger partial charge in [0.25, 0.3) is 0 Å². The molecule has 0 bridgehead atoms. The highest BCUT2D eigenvalue weighted by Crippen LogP contribution is 2.26. The van der Waals surface area contributed by atoms with Crippen molar-refractivity contribution >= 4 is 17.7 Å². The van der Waals surface area contributed by atoms with Crippen LogP contribution in [-0.4, -0.2) is 27.3 Å². The SMILES string of the molecule is CSc1nc(-c2ccc(C)c(C)c2)c(C(=O)O)[nH]1. The third-order valence-electron chi connectivity index (χ3n) is 2.87. The number of imidazole rings is 1. The van der Waals surface area contributed by atoms with E-state index in [2.05, 4.69) is 9.97 Å². The average molecular weight is 262 g/mol. The molecular formula is C13H14N2O2S. The molecule has 0 fully saturated rings. The number of nitrogens with zero attached hydrogens (tertiary/aromatic N) is 1. The molecule has 2 N–H and O–H groups in total. The van der Waals surface area contributed by atoms with Crippen LogP contribution in [0.5, 0.6) is 0 Å². The van der Waals surface area contributed by atoms with Gasteiger partial charge in [0.15, 0.2) is 10.9 Å². The van der Waals surface area contributed by atoms with Crippen molar-refractivity contribution < 1.29 is 9.90 Å². The number of carbonyl (C=O) groups is 1. The first-order valence-electron chi connectivity index (χ1n) is 5.48. The van der Waals surface area contributed by atoms with E-state index in [4.69, 9.17) is 0 Å². The zero-order valence-electron chi connectivity index (χ0n) is 10.4. The fourth-order valence-corrected chi connectivity index (χ4v) is 2.09. The molecule has 0 aliphatic heterocycles. The normalized spacial score (nSPS) is 10.6. The number of aromatic carboxylic acids is 1. The summed E-state index contributed by atoms with van der Waals surface area (Å²) < 4.78 is 0. The summed E-state index contributed by atoms with van der Waals surface area (Å²) in [6.45, 7) is 4.02. The summed E-state index contributed by atoms with van der Waals surface area (Å²) in [6, 6.07) is 5.83. The second-order valence-corrected chi connectivity index (χ2v) is 4.87. The minimum Gasteiger partial charge on any atom is -0.477 e. The highest BCUT2D eigenvalue weighted by molar-refractivity contribution is 7.98. The summed E-state index contributed by atoms with van der Waals surface area (Å²) in [6.07, 6.45) is 1.86. The lowest BCUT2D eigenvalue weighted by Gasteiger charge is -2.03. The third-order valence-corrected chi connectivity index (χ3v) is 3.45. The van der Waals surface area contributed by atoms with Crippen LogP contribution in [0.3, 0.4) is 0 Å². The van der Waals surface area contributed by atoms with Crippen molar-refractivity contribution in [1.29, 1.82) is 0 Å². The minimum atomic E-state index is -0.990. The van der Waals surface area contributed by atoms with Gasteiger partial charge in [-0.2, -0.15) is 0 Å². The van der Waals surface area contributed by atoms with Crippen molar-refractivity contribution in [3.05, 3.63) is 35.0 Å². The molecule has 5 heteroatoms. The molecule has 0 unspecified atom stereocenters. The number of carboxylic acid groups (broad SMARTS) is 1. The van der Waals surface area contributed by atoms with Crippen LogP contribution in [0.25, 0.3) is 11.3 Å². The van der Waals surface area contributed by atoms with Crippen molar-refractivity contribution in [2.45, 2.75) is 19.0 Å². The molecule has 0 radical (unpaired) electrons.